The molecule has 0 spiro atoms. The Kier molecular flexibility index (Phi) is 6.72. The highest BCUT2D eigenvalue weighted by Crippen LogP contribution is 2.33. The molecular formula is C43H29N5. The van der Waals surface area contributed by atoms with Crippen molar-refractivity contribution in [1.29, 1.82) is 0 Å². The number of hydrogen-bond donors (Lipinski definition) is 0. The zero-order valence-electron chi connectivity index (χ0n) is 26.0. The third kappa shape index (κ3) is 4.86. The van der Waals surface area contributed by atoms with Crippen molar-refractivity contribution in [2.45, 2.75) is 0 Å². The molecule has 0 radical (unpaired) electrons. The van der Waals surface area contributed by atoms with Crippen LogP contribution in [-0.4, -0.2) is 24.1 Å². The van der Waals surface area contributed by atoms with Gasteiger partial charge in [-0.15, -0.1) is 0 Å². The third-order valence-corrected chi connectivity index (χ3v) is 8.73. The molecule has 0 saturated heterocycles. The van der Waals surface area contributed by atoms with Crippen molar-refractivity contribution in [2.24, 2.45) is 0 Å². The van der Waals surface area contributed by atoms with E-state index in [1.54, 1.807) is 0 Å². The quantitative estimate of drug-likeness (QED) is 0.187. The van der Waals surface area contributed by atoms with E-state index in [0.29, 0.717) is 0 Å². The average molecular weight is 616 g/mol. The Bertz CT molecular complexity index is 2390. The number of fused-ring (bicyclic) bond motifs is 2. The van der Waals surface area contributed by atoms with Gasteiger partial charge in [-0.25, -0.2) is 15.0 Å². The molecule has 0 amide bonds. The maximum Gasteiger partial charge on any atom is 0.145 e. The predicted molar refractivity (Wildman–Crippen MR) is 195 cm³/mol. The zero-order chi connectivity index (χ0) is 31.9. The Morgan fingerprint density at radius 3 is 1.19 bits per heavy atom. The van der Waals surface area contributed by atoms with E-state index in [9.17, 15) is 0 Å². The highest BCUT2D eigenvalue weighted by Gasteiger charge is 2.17. The fraction of sp³-hybridized carbons (Fsp3) is 0. The van der Waals surface area contributed by atoms with Gasteiger partial charge in [0.15, 0.2) is 0 Å². The maximum absolute atomic E-state index is 5.18. The van der Waals surface area contributed by atoms with Crippen LogP contribution in [0, 0.1) is 0 Å². The first-order chi connectivity index (χ1) is 23.8. The van der Waals surface area contributed by atoms with Crippen molar-refractivity contribution in [3.8, 4) is 56.7 Å². The molecule has 3 aromatic heterocycles. The minimum atomic E-state index is 0.898. The van der Waals surface area contributed by atoms with E-state index < -0.39 is 0 Å². The summed E-state index contributed by atoms with van der Waals surface area (Å²) in [5.74, 6) is 1.80. The molecule has 0 N–H and O–H groups in total. The van der Waals surface area contributed by atoms with E-state index in [1.807, 2.05) is 24.3 Å². The van der Waals surface area contributed by atoms with Gasteiger partial charge in [-0.1, -0.05) is 103 Å². The zero-order valence-corrected chi connectivity index (χ0v) is 26.0. The molecule has 5 heteroatoms. The summed E-state index contributed by atoms with van der Waals surface area (Å²) in [4.78, 5) is 15.3. The summed E-state index contributed by atoms with van der Waals surface area (Å²) in [6.45, 7) is 0. The highest BCUT2D eigenvalue weighted by molar-refractivity contribution is 5.85. The molecule has 9 rings (SSSR count). The molecule has 0 atom stereocenters. The molecule has 0 aliphatic rings. The van der Waals surface area contributed by atoms with Crippen molar-refractivity contribution in [3.63, 3.8) is 0 Å². The Hall–Kier alpha value is -6.59. The van der Waals surface area contributed by atoms with Crippen LogP contribution in [0.4, 0.5) is 0 Å². The standard InChI is InChI=1S/C43H29N5/c1-3-18-34(19-4-1)47-40-26-9-7-22-38(40)45-42(47)32-16-11-14-30(28-32)36-24-13-25-37(44-36)31-15-12-17-33(29-31)43-46-39-23-8-10-27-41(39)48(43)35-20-5-2-6-21-35/h1-29H. The lowest BCUT2D eigenvalue weighted by Crippen LogP contribution is -1.98. The fourth-order valence-corrected chi connectivity index (χ4v) is 6.51. The van der Waals surface area contributed by atoms with E-state index in [1.165, 1.54) is 0 Å². The Morgan fingerprint density at radius 2 is 0.708 bits per heavy atom. The van der Waals surface area contributed by atoms with Gasteiger partial charge >= 0.3 is 0 Å². The van der Waals surface area contributed by atoms with Crippen LogP contribution >= 0.6 is 0 Å². The Balaban J connectivity index is 1.12. The number of aromatic nitrogens is 5. The smallest absolute Gasteiger partial charge is 0.145 e. The van der Waals surface area contributed by atoms with Gasteiger partial charge in [-0.05, 0) is 72.8 Å². The fourth-order valence-electron chi connectivity index (χ4n) is 6.51. The van der Waals surface area contributed by atoms with E-state index >= 15 is 0 Å². The minimum absolute atomic E-state index is 0.898. The van der Waals surface area contributed by atoms with Crippen molar-refractivity contribution in [2.75, 3.05) is 0 Å². The van der Waals surface area contributed by atoms with Crippen LogP contribution in [-0.2, 0) is 0 Å². The van der Waals surface area contributed by atoms with Crippen LogP contribution in [0.15, 0.2) is 176 Å². The molecule has 5 nitrogen and oxygen atoms in total. The number of hydrogen-bond acceptors (Lipinski definition) is 3. The van der Waals surface area contributed by atoms with Crippen molar-refractivity contribution in [1.82, 2.24) is 24.1 Å². The molecule has 0 aliphatic heterocycles. The minimum Gasteiger partial charge on any atom is -0.292 e. The Labute approximate surface area is 278 Å². The van der Waals surface area contributed by atoms with Crippen molar-refractivity contribution >= 4 is 22.1 Å². The summed E-state index contributed by atoms with van der Waals surface area (Å²) >= 11 is 0. The van der Waals surface area contributed by atoms with Crippen LogP contribution in [0.25, 0.3) is 78.7 Å². The van der Waals surface area contributed by atoms with Gasteiger partial charge in [-0.3, -0.25) is 9.13 Å². The van der Waals surface area contributed by atoms with Crippen LogP contribution in [0.3, 0.4) is 0 Å². The second-order valence-electron chi connectivity index (χ2n) is 11.8. The first-order valence-electron chi connectivity index (χ1n) is 16.0. The number of benzene rings is 6. The first kappa shape index (κ1) is 27.7. The lowest BCUT2D eigenvalue weighted by molar-refractivity contribution is 1.10. The summed E-state index contributed by atoms with van der Waals surface area (Å²) in [6.07, 6.45) is 0. The van der Waals surface area contributed by atoms with Crippen LogP contribution in [0.1, 0.15) is 0 Å². The third-order valence-electron chi connectivity index (χ3n) is 8.73. The number of imidazole rings is 2. The molecule has 0 saturated carbocycles. The van der Waals surface area contributed by atoms with Crippen LogP contribution in [0.5, 0.6) is 0 Å². The molecule has 6 aromatic carbocycles. The second-order valence-corrected chi connectivity index (χ2v) is 11.8. The van der Waals surface area contributed by atoms with Gasteiger partial charge in [0, 0.05) is 33.6 Å². The molecule has 9 aromatic rings. The van der Waals surface area contributed by atoms with Gasteiger partial charge in [0.2, 0.25) is 0 Å². The number of nitrogens with zero attached hydrogens (tertiary/aromatic N) is 5. The van der Waals surface area contributed by atoms with Gasteiger partial charge in [0.05, 0.1) is 33.5 Å². The van der Waals surface area contributed by atoms with Crippen LogP contribution in [0.2, 0.25) is 0 Å². The largest absolute Gasteiger partial charge is 0.292 e. The molecule has 0 fully saturated rings. The van der Waals surface area contributed by atoms with Crippen molar-refractivity contribution < 1.29 is 0 Å². The highest BCUT2D eigenvalue weighted by atomic mass is 15.1. The molecule has 3 heterocycles. The second kappa shape index (κ2) is 11.6. The molecule has 0 unspecified atom stereocenters. The SMILES string of the molecule is c1ccc(-n2c(-c3cccc(-c4cccc(-c5cccc(-c6nc7ccccc7n6-c6ccccc6)c5)n4)c3)nc3ccccc32)cc1. The summed E-state index contributed by atoms with van der Waals surface area (Å²) < 4.78 is 4.46. The topological polar surface area (TPSA) is 48.5 Å². The van der Waals surface area contributed by atoms with Crippen molar-refractivity contribution in [3.05, 3.63) is 176 Å². The molecular weight excluding hydrogens is 587 g/mol. The molecule has 48 heavy (non-hydrogen) atoms. The lowest BCUT2D eigenvalue weighted by atomic mass is 10.0. The summed E-state index contributed by atoms with van der Waals surface area (Å²) in [6, 6.07) is 60.6. The van der Waals surface area contributed by atoms with Gasteiger partial charge in [0.1, 0.15) is 11.6 Å². The Morgan fingerprint density at radius 1 is 0.312 bits per heavy atom. The molecule has 226 valence electrons. The predicted octanol–water partition coefficient (Wildman–Crippen LogP) is 10.4. The molecule has 0 bridgehead atoms. The number of pyridine rings is 1. The average Bonchev–Trinajstić information content (AvgIpc) is 3.75. The summed E-state index contributed by atoms with van der Waals surface area (Å²) in [5.41, 5.74) is 12.1. The maximum atomic E-state index is 5.18. The van der Waals surface area contributed by atoms with Gasteiger partial charge < -0.3 is 0 Å². The lowest BCUT2D eigenvalue weighted by Gasteiger charge is -2.12. The first-order valence-corrected chi connectivity index (χ1v) is 16.0. The monoisotopic (exact) mass is 615 g/mol. The summed E-state index contributed by atoms with van der Waals surface area (Å²) in [7, 11) is 0. The van der Waals surface area contributed by atoms with E-state index in [0.717, 1.165) is 78.7 Å². The van der Waals surface area contributed by atoms with E-state index in [4.69, 9.17) is 15.0 Å². The van der Waals surface area contributed by atoms with Crippen LogP contribution < -0.4 is 0 Å². The number of para-hydroxylation sites is 6. The van der Waals surface area contributed by atoms with Gasteiger partial charge in [0.25, 0.3) is 0 Å². The van der Waals surface area contributed by atoms with E-state index in [2.05, 4.69) is 161 Å². The summed E-state index contributed by atoms with van der Waals surface area (Å²) in [5, 5.41) is 0. The molecule has 0 aliphatic carbocycles. The number of rotatable bonds is 6. The normalized spacial score (nSPS) is 11.3. The van der Waals surface area contributed by atoms with Gasteiger partial charge in [-0.2, -0.15) is 0 Å². The van der Waals surface area contributed by atoms with E-state index in [-0.39, 0.29) is 0 Å².